The third-order valence-corrected chi connectivity index (χ3v) is 3.75. The van der Waals surface area contributed by atoms with Crippen LogP contribution in [0.25, 0.3) is 0 Å². The molecule has 1 aromatic carbocycles. The van der Waals surface area contributed by atoms with E-state index >= 15 is 0 Å². The Kier molecular flexibility index (Phi) is 4.23. The van der Waals surface area contributed by atoms with E-state index in [0.29, 0.717) is 13.0 Å². The van der Waals surface area contributed by atoms with Crippen molar-refractivity contribution in [1.82, 2.24) is 4.90 Å². The van der Waals surface area contributed by atoms with Crippen molar-refractivity contribution in [2.45, 2.75) is 44.8 Å². The monoisotopic (exact) mass is 295 g/mol. The first-order chi connectivity index (χ1) is 9.78. The van der Waals surface area contributed by atoms with Crippen LogP contribution >= 0.6 is 0 Å². The molecule has 0 saturated carbocycles. The van der Waals surface area contributed by atoms with Crippen molar-refractivity contribution in [3.63, 3.8) is 0 Å². The minimum absolute atomic E-state index is 0.210. The average Bonchev–Trinajstić information content (AvgIpc) is 2.82. The standard InChI is InChI=1S/C16H22FNO3/c1-15(2,3)21-14(20)18-10-4-9-16(18,11-19)12-5-7-13(17)8-6-12/h5-8,19H,4,9-11H2,1-3H3. The molecule has 0 radical (unpaired) electrons. The first kappa shape index (κ1) is 15.8. The number of hydrogen-bond acceptors (Lipinski definition) is 3. The van der Waals surface area contributed by atoms with E-state index in [1.165, 1.54) is 12.1 Å². The maximum atomic E-state index is 13.1. The summed E-state index contributed by atoms with van der Waals surface area (Å²) in [5.74, 6) is -0.339. The molecule has 1 aromatic rings. The summed E-state index contributed by atoms with van der Waals surface area (Å²) in [5, 5.41) is 9.91. The Morgan fingerprint density at radius 3 is 2.52 bits per heavy atom. The van der Waals surface area contributed by atoms with E-state index in [4.69, 9.17) is 4.74 Å². The Labute approximate surface area is 124 Å². The van der Waals surface area contributed by atoms with Gasteiger partial charge in [0.1, 0.15) is 11.4 Å². The smallest absolute Gasteiger partial charge is 0.411 e. The summed E-state index contributed by atoms with van der Waals surface area (Å²) in [6, 6.07) is 5.93. The molecule has 0 bridgehead atoms. The van der Waals surface area contributed by atoms with Crippen LogP contribution in [0.15, 0.2) is 24.3 Å². The number of amides is 1. The number of carbonyl (C=O) groups is 1. The van der Waals surface area contributed by atoms with Gasteiger partial charge in [-0.1, -0.05) is 12.1 Å². The topological polar surface area (TPSA) is 49.8 Å². The molecule has 1 N–H and O–H groups in total. The zero-order valence-electron chi connectivity index (χ0n) is 12.7. The molecular formula is C16H22FNO3. The van der Waals surface area contributed by atoms with Gasteiger partial charge in [0.2, 0.25) is 0 Å². The molecule has 0 spiro atoms. The number of ether oxygens (including phenoxy) is 1. The van der Waals surface area contributed by atoms with Crippen LogP contribution in [0.3, 0.4) is 0 Å². The lowest BCUT2D eigenvalue weighted by Gasteiger charge is -2.38. The van der Waals surface area contributed by atoms with Crippen molar-refractivity contribution in [1.29, 1.82) is 0 Å². The van der Waals surface area contributed by atoms with Gasteiger partial charge in [0.25, 0.3) is 0 Å². The predicted molar refractivity (Wildman–Crippen MR) is 77.3 cm³/mol. The molecule has 4 nitrogen and oxygen atoms in total. The van der Waals surface area contributed by atoms with E-state index in [1.807, 2.05) is 0 Å². The van der Waals surface area contributed by atoms with Crippen molar-refractivity contribution in [3.8, 4) is 0 Å². The molecule has 1 amide bonds. The Hall–Kier alpha value is -1.62. The van der Waals surface area contributed by atoms with Gasteiger partial charge in [-0.15, -0.1) is 0 Å². The number of carbonyl (C=O) groups excluding carboxylic acids is 1. The van der Waals surface area contributed by atoms with Crippen molar-refractivity contribution < 1.29 is 19.0 Å². The van der Waals surface area contributed by atoms with E-state index in [9.17, 15) is 14.3 Å². The fourth-order valence-corrected chi connectivity index (χ4v) is 2.78. The zero-order chi connectivity index (χ0) is 15.7. The molecular weight excluding hydrogens is 273 g/mol. The highest BCUT2D eigenvalue weighted by Gasteiger charge is 2.46. The van der Waals surface area contributed by atoms with Crippen molar-refractivity contribution in [2.24, 2.45) is 0 Å². The molecule has 21 heavy (non-hydrogen) atoms. The fourth-order valence-electron chi connectivity index (χ4n) is 2.78. The summed E-state index contributed by atoms with van der Waals surface area (Å²) in [6.07, 6.45) is 0.962. The van der Waals surface area contributed by atoms with Crippen molar-refractivity contribution >= 4 is 6.09 Å². The van der Waals surface area contributed by atoms with E-state index in [0.717, 1.165) is 12.0 Å². The zero-order valence-corrected chi connectivity index (χ0v) is 12.7. The van der Waals surface area contributed by atoms with Gasteiger partial charge in [-0.2, -0.15) is 0 Å². The second kappa shape index (κ2) is 5.64. The van der Waals surface area contributed by atoms with Crippen LogP contribution in [0.2, 0.25) is 0 Å². The molecule has 0 aliphatic carbocycles. The van der Waals surface area contributed by atoms with Crippen LogP contribution in [-0.4, -0.2) is 34.9 Å². The van der Waals surface area contributed by atoms with Gasteiger partial charge in [0, 0.05) is 6.54 Å². The summed E-state index contributed by atoms with van der Waals surface area (Å²) in [4.78, 5) is 14.0. The van der Waals surface area contributed by atoms with Gasteiger partial charge in [-0.3, -0.25) is 4.90 Å². The van der Waals surface area contributed by atoms with Crippen LogP contribution in [0, 0.1) is 5.82 Å². The van der Waals surface area contributed by atoms with Gasteiger partial charge in [-0.05, 0) is 51.3 Å². The SMILES string of the molecule is CC(C)(C)OC(=O)N1CCCC1(CO)c1ccc(F)cc1. The second-order valence-electron chi connectivity index (χ2n) is 6.43. The normalized spacial score (nSPS) is 22.4. The lowest BCUT2D eigenvalue weighted by Crippen LogP contribution is -2.49. The van der Waals surface area contributed by atoms with Gasteiger partial charge in [-0.25, -0.2) is 9.18 Å². The van der Waals surface area contributed by atoms with E-state index in [1.54, 1.807) is 37.8 Å². The quantitative estimate of drug-likeness (QED) is 0.912. The highest BCUT2D eigenvalue weighted by molar-refractivity contribution is 5.70. The molecule has 1 atom stereocenters. The Morgan fingerprint density at radius 1 is 1.38 bits per heavy atom. The maximum Gasteiger partial charge on any atom is 0.411 e. The van der Waals surface area contributed by atoms with E-state index in [-0.39, 0.29) is 12.4 Å². The Morgan fingerprint density at radius 2 is 2.00 bits per heavy atom. The number of rotatable bonds is 2. The summed E-state index contributed by atoms with van der Waals surface area (Å²) in [5.41, 5.74) is -0.686. The van der Waals surface area contributed by atoms with Crippen LogP contribution in [0.1, 0.15) is 39.2 Å². The number of likely N-dealkylation sites (tertiary alicyclic amines) is 1. The van der Waals surface area contributed by atoms with E-state index < -0.39 is 17.2 Å². The number of aliphatic hydroxyl groups is 1. The van der Waals surface area contributed by atoms with Crippen LogP contribution in [0.5, 0.6) is 0 Å². The third-order valence-electron chi connectivity index (χ3n) is 3.75. The second-order valence-corrected chi connectivity index (χ2v) is 6.43. The minimum Gasteiger partial charge on any atom is -0.444 e. The molecule has 1 unspecified atom stereocenters. The molecule has 1 saturated heterocycles. The highest BCUT2D eigenvalue weighted by atomic mass is 19.1. The minimum atomic E-state index is -0.823. The summed E-state index contributed by atoms with van der Waals surface area (Å²) in [7, 11) is 0. The first-order valence-electron chi connectivity index (χ1n) is 7.16. The van der Waals surface area contributed by atoms with Crippen LogP contribution in [-0.2, 0) is 10.3 Å². The maximum absolute atomic E-state index is 13.1. The number of hydrogen-bond donors (Lipinski definition) is 1. The number of benzene rings is 1. The Balaban J connectivity index is 2.32. The molecule has 2 rings (SSSR count). The summed E-state index contributed by atoms with van der Waals surface area (Å²) < 4.78 is 18.5. The molecule has 1 aliphatic rings. The third kappa shape index (κ3) is 3.18. The molecule has 1 aliphatic heterocycles. The van der Waals surface area contributed by atoms with Gasteiger partial charge < -0.3 is 9.84 Å². The first-order valence-corrected chi connectivity index (χ1v) is 7.16. The molecule has 0 aromatic heterocycles. The Bertz CT molecular complexity index is 509. The largest absolute Gasteiger partial charge is 0.444 e. The fraction of sp³-hybridized carbons (Fsp3) is 0.562. The van der Waals surface area contributed by atoms with E-state index in [2.05, 4.69) is 0 Å². The lowest BCUT2D eigenvalue weighted by molar-refractivity contribution is -0.00611. The van der Waals surface area contributed by atoms with Crippen molar-refractivity contribution in [2.75, 3.05) is 13.2 Å². The van der Waals surface area contributed by atoms with Crippen LogP contribution < -0.4 is 0 Å². The lowest BCUT2D eigenvalue weighted by atomic mass is 9.88. The average molecular weight is 295 g/mol. The number of halogens is 1. The van der Waals surface area contributed by atoms with Gasteiger partial charge in [0.15, 0.2) is 0 Å². The number of aliphatic hydroxyl groups excluding tert-OH is 1. The molecule has 116 valence electrons. The highest BCUT2D eigenvalue weighted by Crippen LogP contribution is 2.39. The van der Waals surface area contributed by atoms with Crippen molar-refractivity contribution in [3.05, 3.63) is 35.6 Å². The van der Waals surface area contributed by atoms with Crippen LogP contribution in [0.4, 0.5) is 9.18 Å². The summed E-state index contributed by atoms with van der Waals surface area (Å²) >= 11 is 0. The van der Waals surface area contributed by atoms with Gasteiger partial charge >= 0.3 is 6.09 Å². The molecule has 1 fully saturated rings. The number of nitrogens with zero attached hydrogens (tertiary/aromatic N) is 1. The predicted octanol–water partition coefficient (Wildman–Crippen LogP) is 3.04. The molecule has 5 heteroatoms. The summed E-state index contributed by atoms with van der Waals surface area (Å²) in [6.45, 7) is 5.73. The van der Waals surface area contributed by atoms with Gasteiger partial charge in [0.05, 0.1) is 12.1 Å². The molecule has 1 heterocycles.